The van der Waals surface area contributed by atoms with Crippen molar-refractivity contribution in [3.8, 4) is 0 Å². The lowest BCUT2D eigenvalue weighted by Gasteiger charge is -2.33. The molecule has 1 aromatic heterocycles. The molecule has 0 saturated carbocycles. The van der Waals surface area contributed by atoms with Crippen LogP contribution in [0.4, 0.5) is 16.3 Å². The number of rotatable bonds is 4. The number of piperazine rings is 1. The van der Waals surface area contributed by atoms with Gasteiger partial charge in [-0.3, -0.25) is 0 Å². The Morgan fingerprint density at radius 2 is 1.96 bits per heavy atom. The lowest BCUT2D eigenvalue weighted by molar-refractivity contribution is 0.251. The predicted octanol–water partition coefficient (Wildman–Crippen LogP) is 2.81. The van der Waals surface area contributed by atoms with E-state index >= 15 is 0 Å². The van der Waals surface area contributed by atoms with Gasteiger partial charge in [-0.15, -0.1) is 0 Å². The fourth-order valence-electron chi connectivity index (χ4n) is 2.69. The first-order valence-electron chi connectivity index (χ1n) is 8.29. The summed E-state index contributed by atoms with van der Waals surface area (Å²) in [6.45, 7) is 4.43. The number of hydrogen-bond donors (Lipinski definition) is 2. The van der Waals surface area contributed by atoms with Crippen molar-refractivity contribution in [2.45, 2.75) is 6.54 Å². The van der Waals surface area contributed by atoms with Gasteiger partial charge in [0.05, 0.1) is 10.7 Å². The first kappa shape index (κ1) is 17.5. The van der Waals surface area contributed by atoms with Crippen molar-refractivity contribution < 1.29 is 4.79 Å². The topological polar surface area (TPSA) is 60.5 Å². The number of pyridine rings is 1. The quantitative estimate of drug-likeness (QED) is 0.881. The van der Waals surface area contributed by atoms with E-state index in [1.807, 2.05) is 24.3 Å². The molecule has 25 heavy (non-hydrogen) atoms. The normalized spacial score (nSPS) is 15.0. The second-order valence-corrected chi connectivity index (χ2v) is 6.51. The average Bonchev–Trinajstić information content (AvgIpc) is 2.63. The number of likely N-dealkylation sites (N-methyl/N-ethyl adjacent to an activating group) is 1. The van der Waals surface area contributed by atoms with Crippen molar-refractivity contribution >= 4 is 29.1 Å². The first-order valence-corrected chi connectivity index (χ1v) is 8.67. The molecule has 1 aromatic carbocycles. The summed E-state index contributed by atoms with van der Waals surface area (Å²) in [6, 6.07) is 10.8. The maximum absolute atomic E-state index is 12.0. The maximum Gasteiger partial charge on any atom is 0.319 e. The molecule has 0 bridgehead atoms. The molecule has 2 aromatic rings. The Balaban J connectivity index is 1.55. The van der Waals surface area contributed by atoms with Gasteiger partial charge in [-0.1, -0.05) is 23.7 Å². The van der Waals surface area contributed by atoms with Crippen LogP contribution in [0.5, 0.6) is 0 Å². The van der Waals surface area contributed by atoms with E-state index in [4.69, 9.17) is 11.6 Å². The maximum atomic E-state index is 12.0. The van der Waals surface area contributed by atoms with E-state index in [9.17, 15) is 4.79 Å². The SMILES string of the molecule is CN1CCN(c2cc(CNC(=O)Nc3ccccc3Cl)ccn2)CC1. The van der Waals surface area contributed by atoms with Crippen LogP contribution >= 0.6 is 11.6 Å². The van der Waals surface area contributed by atoms with Gasteiger partial charge in [-0.05, 0) is 36.9 Å². The summed E-state index contributed by atoms with van der Waals surface area (Å²) >= 11 is 6.04. The van der Waals surface area contributed by atoms with Crippen LogP contribution in [0.15, 0.2) is 42.6 Å². The highest BCUT2D eigenvalue weighted by molar-refractivity contribution is 6.33. The molecule has 1 aliphatic heterocycles. The number of hydrogen-bond acceptors (Lipinski definition) is 4. The molecule has 132 valence electrons. The van der Waals surface area contributed by atoms with Crippen LogP contribution in [0.25, 0.3) is 0 Å². The number of amides is 2. The van der Waals surface area contributed by atoms with Crippen molar-refractivity contribution in [2.24, 2.45) is 0 Å². The fourth-order valence-corrected chi connectivity index (χ4v) is 2.87. The van der Waals surface area contributed by atoms with E-state index in [1.54, 1.807) is 18.3 Å². The second-order valence-electron chi connectivity index (χ2n) is 6.10. The molecule has 6 nitrogen and oxygen atoms in total. The summed E-state index contributed by atoms with van der Waals surface area (Å²) in [6.07, 6.45) is 1.79. The number of benzene rings is 1. The minimum absolute atomic E-state index is 0.286. The number of nitrogens with zero attached hydrogens (tertiary/aromatic N) is 3. The number of anilines is 2. The lowest BCUT2D eigenvalue weighted by Crippen LogP contribution is -2.44. The van der Waals surface area contributed by atoms with Crippen LogP contribution in [-0.2, 0) is 6.54 Å². The Bertz CT molecular complexity index is 731. The molecule has 7 heteroatoms. The number of aromatic nitrogens is 1. The van der Waals surface area contributed by atoms with E-state index < -0.39 is 0 Å². The standard InChI is InChI=1S/C18H22ClN5O/c1-23-8-10-24(11-9-23)17-12-14(6-7-20-17)13-21-18(25)22-16-5-3-2-4-15(16)19/h2-7,12H,8-11,13H2,1H3,(H2,21,22,25). The molecule has 2 heterocycles. The zero-order valence-electron chi connectivity index (χ0n) is 14.2. The largest absolute Gasteiger partial charge is 0.354 e. The van der Waals surface area contributed by atoms with Gasteiger partial charge in [0, 0.05) is 38.9 Å². The monoisotopic (exact) mass is 359 g/mol. The molecular weight excluding hydrogens is 338 g/mol. The molecule has 0 radical (unpaired) electrons. The van der Waals surface area contributed by atoms with Crippen molar-refractivity contribution in [1.29, 1.82) is 0 Å². The van der Waals surface area contributed by atoms with Crippen LogP contribution in [0.1, 0.15) is 5.56 Å². The van der Waals surface area contributed by atoms with Gasteiger partial charge < -0.3 is 20.4 Å². The van der Waals surface area contributed by atoms with Crippen LogP contribution in [0.3, 0.4) is 0 Å². The molecule has 1 fully saturated rings. The van der Waals surface area contributed by atoms with Crippen LogP contribution < -0.4 is 15.5 Å². The molecule has 2 amide bonds. The van der Waals surface area contributed by atoms with Gasteiger partial charge in [0.2, 0.25) is 0 Å². The highest BCUT2D eigenvalue weighted by Gasteiger charge is 2.15. The molecule has 0 spiro atoms. The number of halogens is 1. The molecule has 0 unspecified atom stereocenters. The molecular formula is C18H22ClN5O. The molecule has 1 saturated heterocycles. The average molecular weight is 360 g/mol. The number of para-hydroxylation sites is 1. The summed E-state index contributed by atoms with van der Waals surface area (Å²) in [5, 5.41) is 6.11. The summed E-state index contributed by atoms with van der Waals surface area (Å²) < 4.78 is 0. The van der Waals surface area contributed by atoms with E-state index in [0.29, 0.717) is 17.3 Å². The second kappa shape index (κ2) is 8.18. The van der Waals surface area contributed by atoms with Gasteiger partial charge in [-0.25, -0.2) is 9.78 Å². The molecule has 0 atom stereocenters. The number of urea groups is 1. The summed E-state index contributed by atoms with van der Waals surface area (Å²) in [7, 11) is 2.13. The molecule has 2 N–H and O–H groups in total. The highest BCUT2D eigenvalue weighted by Crippen LogP contribution is 2.20. The van der Waals surface area contributed by atoms with E-state index in [1.165, 1.54) is 0 Å². The van der Waals surface area contributed by atoms with Crippen molar-refractivity contribution in [3.05, 3.63) is 53.2 Å². The Hall–Kier alpha value is -2.31. The zero-order valence-corrected chi connectivity index (χ0v) is 15.0. The third kappa shape index (κ3) is 4.84. The highest BCUT2D eigenvalue weighted by atomic mass is 35.5. The Morgan fingerprint density at radius 3 is 2.72 bits per heavy atom. The van der Waals surface area contributed by atoms with Crippen LogP contribution in [0, 0.1) is 0 Å². The van der Waals surface area contributed by atoms with Gasteiger partial charge in [0.1, 0.15) is 5.82 Å². The van der Waals surface area contributed by atoms with Crippen molar-refractivity contribution in [3.63, 3.8) is 0 Å². The van der Waals surface area contributed by atoms with Crippen LogP contribution in [-0.4, -0.2) is 49.1 Å². The van der Waals surface area contributed by atoms with Crippen molar-refractivity contribution in [2.75, 3.05) is 43.4 Å². The van der Waals surface area contributed by atoms with E-state index in [0.717, 1.165) is 37.6 Å². The lowest BCUT2D eigenvalue weighted by atomic mass is 10.2. The predicted molar refractivity (Wildman–Crippen MR) is 101 cm³/mol. The number of carbonyl (C=O) groups excluding carboxylic acids is 1. The Kier molecular flexibility index (Phi) is 5.73. The zero-order chi connectivity index (χ0) is 17.6. The first-order chi connectivity index (χ1) is 12.1. The smallest absolute Gasteiger partial charge is 0.319 e. The summed E-state index contributed by atoms with van der Waals surface area (Å²) in [5.74, 6) is 0.957. The van der Waals surface area contributed by atoms with Gasteiger partial charge in [-0.2, -0.15) is 0 Å². The number of nitrogens with one attached hydrogen (secondary N) is 2. The van der Waals surface area contributed by atoms with Gasteiger partial charge >= 0.3 is 6.03 Å². The third-order valence-electron chi connectivity index (χ3n) is 4.21. The van der Waals surface area contributed by atoms with Gasteiger partial charge in [0.15, 0.2) is 0 Å². The van der Waals surface area contributed by atoms with Gasteiger partial charge in [0.25, 0.3) is 0 Å². The Labute approximate surface area is 152 Å². The molecule has 1 aliphatic rings. The third-order valence-corrected chi connectivity index (χ3v) is 4.54. The van der Waals surface area contributed by atoms with E-state index in [-0.39, 0.29) is 6.03 Å². The summed E-state index contributed by atoms with van der Waals surface area (Å²) in [5.41, 5.74) is 1.60. The fraction of sp³-hybridized carbons (Fsp3) is 0.333. The minimum Gasteiger partial charge on any atom is -0.354 e. The Morgan fingerprint density at radius 1 is 1.20 bits per heavy atom. The minimum atomic E-state index is -0.286. The molecule has 0 aliphatic carbocycles. The molecule has 3 rings (SSSR count). The van der Waals surface area contributed by atoms with Crippen LogP contribution in [0.2, 0.25) is 5.02 Å². The van der Waals surface area contributed by atoms with E-state index in [2.05, 4.69) is 32.5 Å². The van der Waals surface area contributed by atoms with Crippen molar-refractivity contribution in [1.82, 2.24) is 15.2 Å². The summed E-state index contributed by atoms with van der Waals surface area (Å²) in [4.78, 5) is 21.1. The number of carbonyl (C=O) groups is 1.